The lowest BCUT2D eigenvalue weighted by Crippen LogP contribution is -2.05. The highest BCUT2D eigenvalue weighted by Crippen LogP contribution is 2.15. The zero-order valence-electron chi connectivity index (χ0n) is 9.01. The minimum absolute atomic E-state index is 0.568. The summed E-state index contributed by atoms with van der Waals surface area (Å²) in [5, 5.41) is 4.47. The summed E-state index contributed by atoms with van der Waals surface area (Å²) in [6, 6.07) is 0. The average molecular weight is 233 g/mol. The lowest BCUT2D eigenvalue weighted by Gasteiger charge is -2.03. The fourth-order valence-corrected chi connectivity index (χ4v) is 2.42. The van der Waals surface area contributed by atoms with Gasteiger partial charge >= 0.3 is 0 Å². The van der Waals surface area contributed by atoms with E-state index < -0.39 is 0 Å². The molecule has 0 unspecified atom stereocenters. The second kappa shape index (κ2) is 5.66. The van der Waals surface area contributed by atoms with Gasteiger partial charge in [-0.1, -0.05) is 6.92 Å². The number of aryl methyl sites for hydroxylation is 2. The van der Waals surface area contributed by atoms with E-state index in [0.29, 0.717) is 5.88 Å². The summed E-state index contributed by atoms with van der Waals surface area (Å²) >= 11 is 7.79. The Bertz CT molecular complexity index is 297. The Morgan fingerprint density at radius 1 is 1.43 bits per heavy atom. The van der Waals surface area contributed by atoms with Crippen LogP contribution in [-0.2, 0) is 12.4 Å². The van der Waals surface area contributed by atoms with Crippen LogP contribution < -0.4 is 0 Å². The van der Waals surface area contributed by atoms with E-state index in [1.54, 1.807) is 0 Å². The van der Waals surface area contributed by atoms with Gasteiger partial charge in [0.05, 0.1) is 18.1 Å². The summed E-state index contributed by atoms with van der Waals surface area (Å²) in [7, 11) is 0. The highest BCUT2D eigenvalue weighted by molar-refractivity contribution is 7.99. The number of hydrogen-bond acceptors (Lipinski definition) is 2. The van der Waals surface area contributed by atoms with Gasteiger partial charge in [0.2, 0.25) is 0 Å². The van der Waals surface area contributed by atoms with Crippen LogP contribution in [0.2, 0.25) is 0 Å². The predicted molar refractivity (Wildman–Crippen MR) is 64.3 cm³/mol. The van der Waals surface area contributed by atoms with E-state index in [-0.39, 0.29) is 0 Å². The predicted octanol–water partition coefficient (Wildman–Crippen LogP) is 2.99. The van der Waals surface area contributed by atoms with Gasteiger partial charge in [-0.2, -0.15) is 16.9 Å². The molecule has 2 nitrogen and oxygen atoms in total. The first-order valence-corrected chi connectivity index (χ1v) is 6.56. The molecule has 1 aromatic heterocycles. The molecule has 4 heteroatoms. The van der Waals surface area contributed by atoms with E-state index in [0.717, 1.165) is 18.0 Å². The van der Waals surface area contributed by atoms with Crippen LogP contribution in [-0.4, -0.2) is 21.3 Å². The van der Waals surface area contributed by atoms with E-state index in [4.69, 9.17) is 11.6 Å². The Morgan fingerprint density at radius 2 is 2.14 bits per heavy atom. The fourth-order valence-electron chi connectivity index (χ4n) is 1.44. The molecule has 0 radical (unpaired) electrons. The molecule has 0 N–H and O–H groups in total. The summed E-state index contributed by atoms with van der Waals surface area (Å²) in [6.07, 6.45) is 0. The van der Waals surface area contributed by atoms with Crippen LogP contribution in [0, 0.1) is 13.8 Å². The minimum Gasteiger partial charge on any atom is -0.268 e. The lowest BCUT2D eigenvalue weighted by atomic mass is 10.2. The quantitative estimate of drug-likeness (QED) is 0.574. The van der Waals surface area contributed by atoms with Crippen LogP contribution in [0.3, 0.4) is 0 Å². The number of thioether (sulfide) groups is 1. The molecule has 0 aromatic carbocycles. The first kappa shape index (κ1) is 11.9. The third-order valence-electron chi connectivity index (χ3n) is 2.32. The van der Waals surface area contributed by atoms with Crippen molar-refractivity contribution >= 4 is 23.4 Å². The third kappa shape index (κ3) is 2.67. The van der Waals surface area contributed by atoms with Crippen LogP contribution in [0.1, 0.15) is 23.9 Å². The maximum absolute atomic E-state index is 5.85. The zero-order valence-corrected chi connectivity index (χ0v) is 10.6. The van der Waals surface area contributed by atoms with Gasteiger partial charge in [-0.25, -0.2) is 0 Å². The summed E-state index contributed by atoms with van der Waals surface area (Å²) in [5.41, 5.74) is 3.47. The summed E-state index contributed by atoms with van der Waals surface area (Å²) in [6.45, 7) is 7.28. The summed E-state index contributed by atoms with van der Waals surface area (Å²) < 4.78 is 2.07. The standard InChI is InChI=1S/C10H17ClN2S/c1-4-14-6-5-13-9(3)10(7-11)8(2)12-13/h4-7H2,1-3H3. The van der Waals surface area contributed by atoms with Crippen LogP contribution in [0.4, 0.5) is 0 Å². The molecule has 0 saturated carbocycles. The van der Waals surface area contributed by atoms with Gasteiger partial charge in [-0.05, 0) is 19.6 Å². The number of nitrogens with zero attached hydrogens (tertiary/aromatic N) is 2. The molecule has 14 heavy (non-hydrogen) atoms. The smallest absolute Gasteiger partial charge is 0.0640 e. The minimum atomic E-state index is 0.568. The highest BCUT2D eigenvalue weighted by Gasteiger charge is 2.09. The highest BCUT2D eigenvalue weighted by atomic mass is 35.5. The number of aromatic nitrogens is 2. The molecule has 0 atom stereocenters. The van der Waals surface area contributed by atoms with Gasteiger partial charge in [-0.15, -0.1) is 11.6 Å². The fraction of sp³-hybridized carbons (Fsp3) is 0.700. The van der Waals surface area contributed by atoms with Crippen molar-refractivity contribution in [2.45, 2.75) is 33.2 Å². The number of rotatable bonds is 5. The molecule has 0 fully saturated rings. The summed E-state index contributed by atoms with van der Waals surface area (Å²) in [5.74, 6) is 2.86. The molecule has 0 aliphatic carbocycles. The van der Waals surface area contributed by atoms with Gasteiger partial charge in [0, 0.05) is 17.0 Å². The number of halogens is 1. The van der Waals surface area contributed by atoms with Crippen LogP contribution >= 0.6 is 23.4 Å². The van der Waals surface area contributed by atoms with Gasteiger partial charge in [0.1, 0.15) is 0 Å². The van der Waals surface area contributed by atoms with Gasteiger partial charge in [-0.3, -0.25) is 4.68 Å². The van der Waals surface area contributed by atoms with Crippen molar-refractivity contribution in [3.8, 4) is 0 Å². The van der Waals surface area contributed by atoms with E-state index in [2.05, 4.69) is 23.6 Å². The van der Waals surface area contributed by atoms with Gasteiger partial charge in [0.25, 0.3) is 0 Å². The van der Waals surface area contributed by atoms with Crippen LogP contribution in [0.15, 0.2) is 0 Å². The SMILES string of the molecule is CCSCCn1nc(C)c(CCl)c1C. The molecule has 80 valence electrons. The molecule has 1 aromatic rings. The van der Waals surface area contributed by atoms with Crippen molar-refractivity contribution in [2.75, 3.05) is 11.5 Å². The molecule has 0 bridgehead atoms. The molecule has 1 heterocycles. The van der Waals surface area contributed by atoms with Gasteiger partial charge < -0.3 is 0 Å². The second-order valence-electron chi connectivity index (χ2n) is 3.20. The molecule has 0 saturated heterocycles. The Morgan fingerprint density at radius 3 is 2.64 bits per heavy atom. The van der Waals surface area contributed by atoms with E-state index >= 15 is 0 Å². The maximum Gasteiger partial charge on any atom is 0.0640 e. The first-order chi connectivity index (χ1) is 6.70. The maximum atomic E-state index is 5.85. The van der Waals surface area contributed by atoms with E-state index in [1.165, 1.54) is 17.0 Å². The second-order valence-corrected chi connectivity index (χ2v) is 4.86. The van der Waals surface area contributed by atoms with Crippen molar-refractivity contribution in [2.24, 2.45) is 0 Å². The number of hydrogen-bond donors (Lipinski definition) is 0. The topological polar surface area (TPSA) is 17.8 Å². The van der Waals surface area contributed by atoms with E-state index in [1.807, 2.05) is 18.7 Å². The largest absolute Gasteiger partial charge is 0.268 e. The zero-order chi connectivity index (χ0) is 10.6. The number of alkyl halides is 1. The molecule has 0 aliphatic heterocycles. The van der Waals surface area contributed by atoms with Crippen LogP contribution in [0.25, 0.3) is 0 Å². The Kier molecular flexibility index (Phi) is 4.82. The average Bonchev–Trinajstić information content (AvgIpc) is 2.42. The van der Waals surface area contributed by atoms with Gasteiger partial charge in [0.15, 0.2) is 0 Å². The van der Waals surface area contributed by atoms with Crippen molar-refractivity contribution in [3.63, 3.8) is 0 Å². The van der Waals surface area contributed by atoms with E-state index in [9.17, 15) is 0 Å². The molecule has 0 spiro atoms. The van der Waals surface area contributed by atoms with Crippen molar-refractivity contribution in [3.05, 3.63) is 17.0 Å². The molecular formula is C10H17ClN2S. The molecular weight excluding hydrogens is 216 g/mol. The lowest BCUT2D eigenvalue weighted by molar-refractivity contribution is 0.640. The summed E-state index contributed by atoms with van der Waals surface area (Å²) in [4.78, 5) is 0. The van der Waals surface area contributed by atoms with Crippen molar-refractivity contribution in [1.29, 1.82) is 0 Å². The molecule has 0 aliphatic rings. The Labute approximate surface area is 95.0 Å². The molecule has 0 amide bonds. The van der Waals surface area contributed by atoms with Crippen molar-refractivity contribution in [1.82, 2.24) is 9.78 Å². The molecule has 1 rings (SSSR count). The Hall–Kier alpha value is -0.150. The van der Waals surface area contributed by atoms with Crippen molar-refractivity contribution < 1.29 is 0 Å². The monoisotopic (exact) mass is 232 g/mol. The third-order valence-corrected chi connectivity index (χ3v) is 3.46. The van der Waals surface area contributed by atoms with Crippen LogP contribution in [0.5, 0.6) is 0 Å². The normalized spacial score (nSPS) is 10.9. The Balaban J connectivity index is 2.68. The first-order valence-electron chi connectivity index (χ1n) is 4.87.